The Bertz CT molecular complexity index is 685. The van der Waals surface area contributed by atoms with E-state index in [1.807, 2.05) is 48.5 Å². The minimum absolute atomic E-state index is 0.0127. The first-order chi connectivity index (χ1) is 11.1. The number of carbonyl (C=O) groups excluding carboxylic acids is 1. The number of nitrogens with zero attached hydrogens (tertiary/aromatic N) is 2. The van der Waals surface area contributed by atoms with E-state index in [0.29, 0.717) is 5.02 Å². The predicted molar refractivity (Wildman–Crippen MR) is 95.7 cm³/mol. The Balaban J connectivity index is 1.81. The molecule has 1 N–H and O–H groups in total. The standard InChI is InChI=1S/C17H20ClN3OS/c1-11(23-2)17(22)21-9-3-4-15(21)16-19-10-14(20-16)12-5-7-13(18)8-6-12/h5-8,10-11,15H,3-4,9H2,1-2H3,(H,19,20). The molecular formula is C17H20ClN3OS. The lowest BCUT2D eigenvalue weighted by Gasteiger charge is -2.25. The minimum atomic E-state index is -0.0127. The summed E-state index contributed by atoms with van der Waals surface area (Å²) in [7, 11) is 0. The molecule has 1 aliphatic heterocycles. The molecule has 0 bridgehead atoms. The lowest BCUT2D eigenvalue weighted by atomic mass is 10.2. The highest BCUT2D eigenvalue weighted by Crippen LogP contribution is 2.33. The van der Waals surface area contributed by atoms with Gasteiger partial charge in [-0.2, -0.15) is 11.8 Å². The Morgan fingerprint density at radius 2 is 2.17 bits per heavy atom. The number of halogens is 1. The summed E-state index contributed by atoms with van der Waals surface area (Å²) in [5.74, 6) is 1.07. The van der Waals surface area contributed by atoms with E-state index in [-0.39, 0.29) is 17.2 Å². The van der Waals surface area contributed by atoms with Crippen LogP contribution in [0.25, 0.3) is 11.3 Å². The third-order valence-electron chi connectivity index (χ3n) is 4.30. The molecule has 1 aromatic carbocycles. The van der Waals surface area contributed by atoms with Gasteiger partial charge in [-0.15, -0.1) is 0 Å². The van der Waals surface area contributed by atoms with Crippen LogP contribution in [-0.4, -0.2) is 38.8 Å². The van der Waals surface area contributed by atoms with Crippen LogP contribution >= 0.6 is 23.4 Å². The van der Waals surface area contributed by atoms with Crippen LogP contribution in [0.4, 0.5) is 0 Å². The summed E-state index contributed by atoms with van der Waals surface area (Å²) in [5.41, 5.74) is 2.00. The average Bonchev–Trinajstić information content (AvgIpc) is 3.22. The first-order valence-electron chi connectivity index (χ1n) is 7.74. The highest BCUT2D eigenvalue weighted by molar-refractivity contribution is 7.99. The Morgan fingerprint density at radius 1 is 1.43 bits per heavy atom. The SMILES string of the molecule is CSC(C)C(=O)N1CCCC1c1ncc(-c2ccc(Cl)cc2)[nH]1. The number of aromatic amines is 1. The molecule has 3 rings (SSSR count). The molecule has 0 saturated carbocycles. The molecule has 23 heavy (non-hydrogen) atoms. The van der Waals surface area contributed by atoms with Crippen LogP contribution in [0.15, 0.2) is 30.5 Å². The van der Waals surface area contributed by atoms with E-state index in [4.69, 9.17) is 11.6 Å². The summed E-state index contributed by atoms with van der Waals surface area (Å²) < 4.78 is 0. The van der Waals surface area contributed by atoms with E-state index in [0.717, 1.165) is 36.5 Å². The fourth-order valence-corrected chi connectivity index (χ4v) is 3.39. The van der Waals surface area contributed by atoms with Crippen LogP contribution in [0.1, 0.15) is 31.6 Å². The van der Waals surface area contributed by atoms with Crippen molar-refractivity contribution in [1.82, 2.24) is 14.9 Å². The molecule has 0 aliphatic carbocycles. The van der Waals surface area contributed by atoms with Crippen molar-refractivity contribution in [3.63, 3.8) is 0 Å². The number of benzene rings is 1. The third kappa shape index (κ3) is 3.40. The first kappa shape index (κ1) is 16.4. The van der Waals surface area contributed by atoms with Gasteiger partial charge < -0.3 is 9.88 Å². The second-order valence-corrected chi connectivity index (χ2v) is 7.37. The maximum Gasteiger partial charge on any atom is 0.236 e. The van der Waals surface area contributed by atoms with Crippen LogP contribution in [0, 0.1) is 0 Å². The second kappa shape index (κ2) is 6.97. The summed E-state index contributed by atoms with van der Waals surface area (Å²) in [6, 6.07) is 7.71. The quantitative estimate of drug-likeness (QED) is 0.902. The van der Waals surface area contributed by atoms with Crippen LogP contribution < -0.4 is 0 Å². The number of hydrogen-bond donors (Lipinski definition) is 1. The van der Waals surface area contributed by atoms with Gasteiger partial charge in [0.2, 0.25) is 5.91 Å². The molecule has 122 valence electrons. The van der Waals surface area contributed by atoms with E-state index >= 15 is 0 Å². The molecule has 2 unspecified atom stereocenters. The number of hydrogen-bond acceptors (Lipinski definition) is 3. The fraction of sp³-hybridized carbons (Fsp3) is 0.412. The van der Waals surface area contributed by atoms with Crippen molar-refractivity contribution in [3.05, 3.63) is 41.3 Å². The number of likely N-dealkylation sites (tertiary alicyclic amines) is 1. The number of imidazole rings is 1. The van der Waals surface area contributed by atoms with E-state index < -0.39 is 0 Å². The number of H-pyrrole nitrogens is 1. The molecule has 1 aromatic heterocycles. The van der Waals surface area contributed by atoms with E-state index in [1.54, 1.807) is 11.8 Å². The zero-order chi connectivity index (χ0) is 16.4. The summed E-state index contributed by atoms with van der Waals surface area (Å²) >= 11 is 7.52. The van der Waals surface area contributed by atoms with Crippen molar-refractivity contribution in [1.29, 1.82) is 0 Å². The molecule has 1 aliphatic rings. The van der Waals surface area contributed by atoms with Gasteiger partial charge in [0, 0.05) is 11.6 Å². The summed E-state index contributed by atoms with van der Waals surface area (Å²) in [6.45, 7) is 2.77. The molecule has 1 amide bonds. The molecule has 0 spiro atoms. The third-order valence-corrected chi connectivity index (χ3v) is 5.46. The maximum absolute atomic E-state index is 12.5. The summed E-state index contributed by atoms with van der Waals surface area (Å²) in [4.78, 5) is 22.4. The zero-order valence-electron chi connectivity index (χ0n) is 13.3. The molecule has 2 atom stereocenters. The van der Waals surface area contributed by atoms with Crippen molar-refractivity contribution >= 4 is 29.3 Å². The highest BCUT2D eigenvalue weighted by Gasteiger charge is 2.33. The Hall–Kier alpha value is -1.46. The van der Waals surface area contributed by atoms with Gasteiger partial charge in [0.1, 0.15) is 5.82 Å². The Labute approximate surface area is 145 Å². The predicted octanol–water partition coefficient (Wildman–Crippen LogP) is 4.15. The minimum Gasteiger partial charge on any atom is -0.340 e. The molecule has 1 fully saturated rings. The highest BCUT2D eigenvalue weighted by atomic mass is 35.5. The van der Waals surface area contributed by atoms with E-state index in [9.17, 15) is 4.79 Å². The molecule has 1 saturated heterocycles. The van der Waals surface area contributed by atoms with Crippen LogP contribution in [0.2, 0.25) is 5.02 Å². The van der Waals surface area contributed by atoms with Gasteiger partial charge in [0.15, 0.2) is 0 Å². The molecule has 6 heteroatoms. The Kier molecular flexibility index (Phi) is 4.97. The molecule has 0 radical (unpaired) electrons. The zero-order valence-corrected chi connectivity index (χ0v) is 14.8. The number of rotatable bonds is 4. The Morgan fingerprint density at radius 3 is 2.87 bits per heavy atom. The van der Waals surface area contributed by atoms with Gasteiger partial charge in [0.05, 0.1) is 23.2 Å². The van der Waals surface area contributed by atoms with E-state index in [2.05, 4.69) is 9.97 Å². The van der Waals surface area contributed by atoms with Crippen LogP contribution in [0.5, 0.6) is 0 Å². The van der Waals surface area contributed by atoms with Gasteiger partial charge in [-0.3, -0.25) is 4.79 Å². The van der Waals surface area contributed by atoms with Gasteiger partial charge in [-0.25, -0.2) is 4.98 Å². The van der Waals surface area contributed by atoms with E-state index in [1.165, 1.54) is 0 Å². The van der Waals surface area contributed by atoms with Gasteiger partial charge in [0.25, 0.3) is 0 Å². The number of nitrogens with one attached hydrogen (secondary N) is 1. The number of thioether (sulfide) groups is 1. The van der Waals surface area contributed by atoms with Crippen LogP contribution in [-0.2, 0) is 4.79 Å². The second-order valence-electron chi connectivity index (χ2n) is 5.76. The maximum atomic E-state index is 12.5. The molecule has 4 nitrogen and oxygen atoms in total. The van der Waals surface area contributed by atoms with Crippen LogP contribution in [0.3, 0.4) is 0 Å². The lowest BCUT2D eigenvalue weighted by Crippen LogP contribution is -2.36. The monoisotopic (exact) mass is 349 g/mol. The largest absolute Gasteiger partial charge is 0.340 e. The summed E-state index contributed by atoms with van der Waals surface area (Å²) in [6.07, 6.45) is 5.78. The van der Waals surface area contributed by atoms with Gasteiger partial charge in [-0.05, 0) is 43.7 Å². The number of carbonyl (C=O) groups is 1. The fourth-order valence-electron chi connectivity index (χ4n) is 2.93. The van der Waals surface area contributed by atoms with Crippen molar-refractivity contribution in [2.45, 2.75) is 31.1 Å². The molecular weight excluding hydrogens is 330 g/mol. The first-order valence-corrected chi connectivity index (χ1v) is 9.41. The van der Waals surface area contributed by atoms with Crippen molar-refractivity contribution in [2.75, 3.05) is 12.8 Å². The molecule has 2 aromatic rings. The topological polar surface area (TPSA) is 49.0 Å². The lowest BCUT2D eigenvalue weighted by molar-refractivity contribution is -0.131. The van der Waals surface area contributed by atoms with Crippen molar-refractivity contribution in [3.8, 4) is 11.3 Å². The average molecular weight is 350 g/mol. The molecule has 2 heterocycles. The number of amides is 1. The summed E-state index contributed by atoms with van der Waals surface area (Å²) in [5, 5.41) is 0.702. The van der Waals surface area contributed by atoms with Crippen molar-refractivity contribution in [2.24, 2.45) is 0 Å². The van der Waals surface area contributed by atoms with Gasteiger partial charge >= 0.3 is 0 Å². The van der Waals surface area contributed by atoms with Gasteiger partial charge in [-0.1, -0.05) is 23.7 Å². The normalized spacial score (nSPS) is 19.1. The smallest absolute Gasteiger partial charge is 0.236 e. The number of aromatic nitrogens is 2. The van der Waals surface area contributed by atoms with Crippen molar-refractivity contribution < 1.29 is 4.79 Å².